The number of hydrogen-bond acceptors (Lipinski definition) is 6. The third kappa shape index (κ3) is 3.37. The van der Waals surface area contributed by atoms with Gasteiger partial charge < -0.3 is 10.2 Å². The number of imide groups is 2. The minimum absolute atomic E-state index is 0.00869. The van der Waals surface area contributed by atoms with Gasteiger partial charge in [0.2, 0.25) is 0 Å². The molecule has 0 spiro atoms. The van der Waals surface area contributed by atoms with Crippen molar-refractivity contribution in [2.24, 2.45) is 0 Å². The summed E-state index contributed by atoms with van der Waals surface area (Å²) in [6.07, 6.45) is 0.739. The zero-order valence-electron chi connectivity index (χ0n) is 19.0. The van der Waals surface area contributed by atoms with Gasteiger partial charge in [-0.15, -0.1) is 0 Å². The molecule has 1 unspecified atom stereocenters. The molecule has 4 amide bonds. The second kappa shape index (κ2) is 8.97. The molecule has 3 aromatic carbocycles. The smallest absolute Gasteiger partial charge is 0.267 e. The number of amides is 4. The van der Waals surface area contributed by atoms with Crippen molar-refractivity contribution in [3.05, 3.63) is 74.3 Å². The van der Waals surface area contributed by atoms with E-state index in [-0.39, 0.29) is 49.7 Å². The number of nitrogens with zero attached hydrogens (tertiary/aromatic N) is 2. The van der Waals surface area contributed by atoms with E-state index >= 15 is 0 Å². The molecule has 0 saturated heterocycles. The topological polar surface area (TPSA) is 115 Å². The van der Waals surface area contributed by atoms with E-state index in [0.29, 0.717) is 18.5 Å². The van der Waals surface area contributed by atoms with Crippen LogP contribution < -0.4 is 4.90 Å². The molecule has 2 aliphatic rings. The van der Waals surface area contributed by atoms with Gasteiger partial charge in [0.25, 0.3) is 23.6 Å². The van der Waals surface area contributed by atoms with E-state index in [1.807, 2.05) is 0 Å². The van der Waals surface area contributed by atoms with Gasteiger partial charge in [0, 0.05) is 17.4 Å². The highest BCUT2D eigenvalue weighted by atomic mass is 35.5. The van der Waals surface area contributed by atoms with E-state index in [1.54, 1.807) is 31.2 Å². The van der Waals surface area contributed by atoms with E-state index in [2.05, 4.69) is 0 Å². The molecule has 0 radical (unpaired) electrons. The van der Waals surface area contributed by atoms with Crippen molar-refractivity contribution in [3.8, 4) is 0 Å². The lowest BCUT2D eigenvalue weighted by molar-refractivity contribution is 0.0465. The number of aliphatic hydroxyl groups excluding tert-OH is 2. The van der Waals surface area contributed by atoms with Crippen molar-refractivity contribution < 1.29 is 29.4 Å². The van der Waals surface area contributed by atoms with Crippen LogP contribution in [0.2, 0.25) is 10.0 Å². The molecular formula is C26H20Cl2N2O6. The Morgan fingerprint density at radius 3 is 1.89 bits per heavy atom. The average molecular weight is 527 g/mol. The van der Waals surface area contributed by atoms with Crippen molar-refractivity contribution in [2.45, 2.75) is 25.8 Å². The van der Waals surface area contributed by atoms with Crippen LogP contribution in [0.1, 0.15) is 60.3 Å². The summed E-state index contributed by atoms with van der Waals surface area (Å²) in [6.45, 7) is 1.26. The average Bonchev–Trinajstić information content (AvgIpc) is 2.85. The Hall–Kier alpha value is -3.30. The van der Waals surface area contributed by atoms with Crippen LogP contribution in [-0.4, -0.2) is 58.0 Å². The fourth-order valence-corrected chi connectivity index (χ4v) is 5.46. The van der Waals surface area contributed by atoms with Crippen LogP contribution in [0.25, 0.3) is 10.8 Å². The molecule has 2 heterocycles. The van der Waals surface area contributed by atoms with Gasteiger partial charge >= 0.3 is 0 Å². The van der Waals surface area contributed by atoms with E-state index < -0.39 is 36.3 Å². The molecule has 184 valence electrons. The van der Waals surface area contributed by atoms with Crippen molar-refractivity contribution in [1.29, 1.82) is 0 Å². The van der Waals surface area contributed by atoms with Crippen LogP contribution in [-0.2, 0) is 6.42 Å². The zero-order chi connectivity index (χ0) is 25.9. The normalized spacial score (nSPS) is 15.8. The maximum absolute atomic E-state index is 13.6. The SMILES string of the molecule is CCC(CO)N1C(=O)c2cc(Cl)c3c4c(cc(Cl)c(c24)C1=O)C(=O)N(c1ccc(CCO)cc1)C3=O. The fourth-order valence-electron chi connectivity index (χ4n) is 4.89. The number of carbonyl (C=O) groups is 4. The Morgan fingerprint density at radius 2 is 1.36 bits per heavy atom. The standard InChI is InChI=1S/C26H20Cl2N2O6/c1-2-13(11-32)29-23(33)15-9-18(28)22-20-16(10-17(27)21(19(15)20)25(29)35)24(34)30(26(22)36)14-5-3-12(4-6-14)7-8-31/h3-6,9-10,13,31-32H,2,7-8,11H2,1H3. The number of aliphatic hydroxyl groups is 2. The van der Waals surface area contributed by atoms with Crippen LogP contribution in [0, 0.1) is 0 Å². The molecule has 2 aliphatic heterocycles. The van der Waals surface area contributed by atoms with Gasteiger partial charge in [0.15, 0.2) is 0 Å². The highest BCUT2D eigenvalue weighted by Gasteiger charge is 2.44. The molecule has 10 heteroatoms. The lowest BCUT2D eigenvalue weighted by atomic mass is 9.85. The minimum atomic E-state index is -0.775. The Morgan fingerprint density at radius 1 is 0.806 bits per heavy atom. The minimum Gasteiger partial charge on any atom is -0.396 e. The first-order chi connectivity index (χ1) is 17.2. The summed E-state index contributed by atoms with van der Waals surface area (Å²) in [4.78, 5) is 56.0. The molecule has 0 aromatic heterocycles. The number of rotatable bonds is 6. The summed E-state index contributed by atoms with van der Waals surface area (Å²) in [6, 6.07) is 8.44. The number of anilines is 1. The second-order valence-electron chi connectivity index (χ2n) is 8.62. The van der Waals surface area contributed by atoms with Gasteiger partial charge in [-0.05, 0) is 42.7 Å². The lowest BCUT2D eigenvalue weighted by Gasteiger charge is -2.35. The molecule has 8 nitrogen and oxygen atoms in total. The third-order valence-corrected chi connectivity index (χ3v) is 7.28. The van der Waals surface area contributed by atoms with Crippen molar-refractivity contribution in [2.75, 3.05) is 18.1 Å². The summed E-state index contributed by atoms with van der Waals surface area (Å²) >= 11 is 13.1. The molecule has 2 N–H and O–H groups in total. The zero-order valence-corrected chi connectivity index (χ0v) is 20.6. The maximum atomic E-state index is 13.6. The molecule has 0 bridgehead atoms. The van der Waals surface area contributed by atoms with Crippen molar-refractivity contribution in [3.63, 3.8) is 0 Å². The summed E-state index contributed by atoms with van der Waals surface area (Å²) in [5, 5.41) is 19.0. The molecule has 1 atom stereocenters. The Balaban J connectivity index is 1.75. The van der Waals surface area contributed by atoms with Crippen molar-refractivity contribution >= 4 is 63.3 Å². The van der Waals surface area contributed by atoms with Crippen molar-refractivity contribution in [1.82, 2.24) is 4.90 Å². The van der Waals surface area contributed by atoms with Gasteiger partial charge in [-0.1, -0.05) is 42.3 Å². The molecule has 0 fully saturated rings. The first-order valence-electron chi connectivity index (χ1n) is 11.3. The van der Waals surface area contributed by atoms with Crippen LogP contribution in [0.5, 0.6) is 0 Å². The summed E-state index contributed by atoms with van der Waals surface area (Å²) in [7, 11) is 0. The summed E-state index contributed by atoms with van der Waals surface area (Å²) < 4.78 is 0. The third-order valence-electron chi connectivity index (χ3n) is 6.68. The van der Waals surface area contributed by atoms with E-state index in [4.69, 9.17) is 28.3 Å². The van der Waals surface area contributed by atoms with Crippen LogP contribution >= 0.6 is 23.2 Å². The van der Waals surface area contributed by atoms with Gasteiger partial charge in [0.05, 0.1) is 50.6 Å². The van der Waals surface area contributed by atoms with Crippen LogP contribution in [0.4, 0.5) is 5.69 Å². The molecule has 0 saturated carbocycles. The highest BCUT2D eigenvalue weighted by Crippen LogP contribution is 2.44. The number of halogens is 2. The molecule has 5 rings (SSSR count). The number of hydrogen-bond donors (Lipinski definition) is 2. The summed E-state index contributed by atoms with van der Waals surface area (Å²) in [5.41, 5.74) is 1.17. The Bertz CT molecular complexity index is 1480. The first kappa shape index (κ1) is 24.4. The van der Waals surface area contributed by atoms with E-state index in [9.17, 15) is 24.3 Å². The molecular weight excluding hydrogens is 507 g/mol. The number of carbonyl (C=O) groups excluding carboxylic acids is 4. The lowest BCUT2D eigenvalue weighted by Crippen LogP contribution is -2.49. The van der Waals surface area contributed by atoms with Gasteiger partial charge in [-0.25, -0.2) is 4.90 Å². The van der Waals surface area contributed by atoms with E-state index in [1.165, 1.54) is 12.1 Å². The van der Waals surface area contributed by atoms with Gasteiger partial charge in [0.1, 0.15) is 0 Å². The van der Waals surface area contributed by atoms with Crippen LogP contribution in [0.3, 0.4) is 0 Å². The second-order valence-corrected chi connectivity index (χ2v) is 9.44. The summed E-state index contributed by atoms with van der Waals surface area (Å²) in [5.74, 6) is -2.76. The molecule has 36 heavy (non-hydrogen) atoms. The first-order valence-corrected chi connectivity index (χ1v) is 12.1. The maximum Gasteiger partial charge on any atom is 0.267 e. The Labute approximate surface area is 215 Å². The highest BCUT2D eigenvalue weighted by molar-refractivity contribution is 6.47. The largest absolute Gasteiger partial charge is 0.396 e. The monoisotopic (exact) mass is 526 g/mol. The fraction of sp³-hybridized carbons (Fsp3) is 0.231. The van der Waals surface area contributed by atoms with Gasteiger partial charge in [-0.2, -0.15) is 0 Å². The predicted molar refractivity (Wildman–Crippen MR) is 134 cm³/mol. The molecule has 3 aromatic rings. The Kier molecular flexibility index (Phi) is 6.08. The molecule has 0 aliphatic carbocycles. The van der Waals surface area contributed by atoms with E-state index in [0.717, 1.165) is 15.4 Å². The van der Waals surface area contributed by atoms with Crippen LogP contribution in [0.15, 0.2) is 36.4 Å². The van der Waals surface area contributed by atoms with Gasteiger partial charge in [-0.3, -0.25) is 24.1 Å². The predicted octanol–water partition coefficient (Wildman–Crippen LogP) is 3.85. The number of benzene rings is 3. The quantitative estimate of drug-likeness (QED) is 0.471.